The van der Waals surface area contributed by atoms with E-state index in [-0.39, 0.29) is 5.69 Å². The van der Waals surface area contributed by atoms with Crippen LogP contribution in [0.1, 0.15) is 17.3 Å². The van der Waals surface area contributed by atoms with Crippen molar-refractivity contribution in [2.75, 3.05) is 11.9 Å². The van der Waals surface area contributed by atoms with Crippen molar-refractivity contribution in [2.24, 2.45) is 0 Å². The van der Waals surface area contributed by atoms with E-state index in [1.165, 1.54) is 31.2 Å². The second-order valence-corrected chi connectivity index (χ2v) is 5.52. The number of carbonyl (C=O) groups is 3. The van der Waals surface area contributed by atoms with Gasteiger partial charge in [-0.2, -0.15) is 4.39 Å². The molecule has 9 nitrogen and oxygen atoms in total. The Morgan fingerprint density at radius 3 is 2.54 bits per heavy atom. The fraction of sp³-hybridized carbons (Fsp3) is 0.167. The fourth-order valence-electron chi connectivity index (χ4n) is 2.04. The topological polar surface area (TPSA) is 125 Å². The number of nitro benzene ring substituents is 1. The maximum atomic E-state index is 13.3. The molecule has 28 heavy (non-hydrogen) atoms. The molecule has 0 fully saturated rings. The number of hydrogen-bond donors (Lipinski definition) is 1. The summed E-state index contributed by atoms with van der Waals surface area (Å²) in [5, 5.41) is 13.0. The van der Waals surface area contributed by atoms with Gasteiger partial charge in [0.2, 0.25) is 5.82 Å². The number of esters is 1. The molecule has 1 N–H and O–H groups in total. The zero-order chi connectivity index (χ0) is 20.7. The Morgan fingerprint density at radius 1 is 1.25 bits per heavy atom. The van der Waals surface area contributed by atoms with Gasteiger partial charge in [-0.25, -0.2) is 4.79 Å². The van der Waals surface area contributed by atoms with Gasteiger partial charge in [-0.1, -0.05) is 0 Å². The van der Waals surface area contributed by atoms with E-state index in [4.69, 9.17) is 9.47 Å². The third-order valence-corrected chi connectivity index (χ3v) is 3.46. The number of carbonyl (C=O) groups excluding carboxylic acids is 3. The summed E-state index contributed by atoms with van der Waals surface area (Å²) in [4.78, 5) is 44.2. The highest BCUT2D eigenvalue weighted by molar-refractivity contribution is 5.95. The fourth-order valence-corrected chi connectivity index (χ4v) is 2.04. The van der Waals surface area contributed by atoms with E-state index in [2.05, 4.69) is 5.32 Å². The van der Waals surface area contributed by atoms with Crippen molar-refractivity contribution in [3.8, 4) is 5.75 Å². The zero-order valence-corrected chi connectivity index (χ0v) is 14.6. The number of rotatable bonds is 8. The predicted octanol–water partition coefficient (Wildman–Crippen LogP) is 2.50. The number of nitro groups is 1. The van der Waals surface area contributed by atoms with E-state index in [9.17, 15) is 28.9 Å². The van der Waals surface area contributed by atoms with Crippen LogP contribution in [-0.4, -0.2) is 35.8 Å². The highest BCUT2D eigenvalue weighted by Gasteiger charge is 2.20. The van der Waals surface area contributed by atoms with Crippen LogP contribution in [0.15, 0.2) is 42.5 Å². The lowest BCUT2D eigenvalue weighted by Gasteiger charge is -2.14. The van der Waals surface area contributed by atoms with Crippen LogP contribution in [0.4, 0.5) is 15.8 Å². The molecule has 0 aromatic heterocycles. The lowest BCUT2D eigenvalue weighted by molar-refractivity contribution is -0.387. The minimum atomic E-state index is -1.22. The van der Waals surface area contributed by atoms with Gasteiger partial charge in [0, 0.05) is 17.3 Å². The van der Waals surface area contributed by atoms with E-state index in [0.717, 1.165) is 18.2 Å². The van der Waals surface area contributed by atoms with Crippen LogP contribution in [0, 0.1) is 15.9 Å². The maximum Gasteiger partial charge on any atom is 0.344 e. The Morgan fingerprint density at radius 2 is 1.93 bits per heavy atom. The summed E-state index contributed by atoms with van der Waals surface area (Å²) in [6, 6.07) is 8.84. The SMILES string of the molecule is C[C@@H](OC(=O)COc1ccc(C=O)cc1)C(=O)Nc1ccc(F)c([N+](=O)[O-])c1. The molecule has 0 aliphatic carbocycles. The first-order valence-electron chi connectivity index (χ1n) is 7.92. The molecule has 0 saturated carbocycles. The van der Waals surface area contributed by atoms with Crippen LogP contribution in [0.2, 0.25) is 0 Å². The normalized spacial score (nSPS) is 11.2. The number of benzene rings is 2. The number of ether oxygens (including phenoxy) is 2. The summed E-state index contributed by atoms with van der Waals surface area (Å²) in [5.74, 6) is -2.30. The average Bonchev–Trinajstić information content (AvgIpc) is 2.67. The first kappa shape index (κ1) is 20.5. The summed E-state index contributed by atoms with van der Waals surface area (Å²) in [7, 11) is 0. The number of nitrogens with one attached hydrogen (secondary N) is 1. The Hall–Kier alpha value is -3.82. The second kappa shape index (κ2) is 9.21. The molecule has 0 radical (unpaired) electrons. The Labute approximate surface area is 158 Å². The summed E-state index contributed by atoms with van der Waals surface area (Å²) < 4.78 is 23.4. The molecular weight excluding hydrogens is 375 g/mol. The molecule has 146 valence electrons. The third-order valence-electron chi connectivity index (χ3n) is 3.46. The van der Waals surface area contributed by atoms with Gasteiger partial charge in [0.1, 0.15) is 12.0 Å². The molecule has 0 saturated heterocycles. The number of anilines is 1. The van der Waals surface area contributed by atoms with E-state index in [0.29, 0.717) is 17.6 Å². The lowest BCUT2D eigenvalue weighted by atomic mass is 10.2. The molecule has 10 heteroatoms. The van der Waals surface area contributed by atoms with Gasteiger partial charge in [-0.3, -0.25) is 19.7 Å². The van der Waals surface area contributed by atoms with Crippen molar-refractivity contribution in [1.29, 1.82) is 0 Å². The maximum absolute atomic E-state index is 13.3. The standard InChI is InChI=1S/C18H15FN2O7/c1-11(18(24)20-13-4-7-15(19)16(8-13)21(25)26)28-17(23)10-27-14-5-2-12(9-22)3-6-14/h2-9,11H,10H2,1H3,(H,20,24)/t11-/m1/s1. The van der Waals surface area contributed by atoms with Gasteiger partial charge in [-0.15, -0.1) is 0 Å². The van der Waals surface area contributed by atoms with Crippen molar-refractivity contribution in [3.63, 3.8) is 0 Å². The molecule has 0 aliphatic rings. The molecule has 0 unspecified atom stereocenters. The highest BCUT2D eigenvalue weighted by Crippen LogP contribution is 2.21. The van der Waals surface area contributed by atoms with E-state index >= 15 is 0 Å². The van der Waals surface area contributed by atoms with Crippen LogP contribution in [0.5, 0.6) is 5.75 Å². The van der Waals surface area contributed by atoms with Crippen LogP contribution in [0.3, 0.4) is 0 Å². The first-order chi connectivity index (χ1) is 13.3. The largest absolute Gasteiger partial charge is 0.482 e. The third kappa shape index (κ3) is 5.59. The molecule has 0 bridgehead atoms. The minimum Gasteiger partial charge on any atom is -0.482 e. The van der Waals surface area contributed by atoms with Crippen LogP contribution in [-0.2, 0) is 14.3 Å². The van der Waals surface area contributed by atoms with Crippen molar-refractivity contribution >= 4 is 29.5 Å². The van der Waals surface area contributed by atoms with Crippen molar-refractivity contribution in [2.45, 2.75) is 13.0 Å². The molecule has 0 heterocycles. The summed E-state index contributed by atoms with van der Waals surface area (Å²) in [5.41, 5.74) is -0.370. The van der Waals surface area contributed by atoms with Gasteiger partial charge in [0.15, 0.2) is 12.7 Å². The number of amides is 1. The predicted molar refractivity (Wildman–Crippen MR) is 94.6 cm³/mol. The van der Waals surface area contributed by atoms with E-state index < -0.39 is 41.0 Å². The van der Waals surface area contributed by atoms with E-state index in [1.807, 2.05) is 0 Å². The summed E-state index contributed by atoms with van der Waals surface area (Å²) >= 11 is 0. The number of nitrogens with zero attached hydrogens (tertiary/aromatic N) is 1. The molecule has 2 rings (SSSR count). The summed E-state index contributed by atoms with van der Waals surface area (Å²) in [6.07, 6.45) is -0.564. The Bertz CT molecular complexity index is 899. The van der Waals surface area contributed by atoms with Gasteiger partial charge in [0.05, 0.1) is 4.92 Å². The van der Waals surface area contributed by atoms with Gasteiger partial charge < -0.3 is 14.8 Å². The minimum absolute atomic E-state index is 0.0208. The number of halogens is 1. The second-order valence-electron chi connectivity index (χ2n) is 5.52. The van der Waals surface area contributed by atoms with Crippen molar-refractivity contribution < 1.29 is 33.2 Å². The van der Waals surface area contributed by atoms with Gasteiger partial charge >= 0.3 is 11.7 Å². The monoisotopic (exact) mass is 390 g/mol. The first-order valence-corrected chi connectivity index (χ1v) is 7.92. The number of aldehydes is 1. The molecule has 0 spiro atoms. The summed E-state index contributed by atoms with van der Waals surface area (Å²) in [6.45, 7) is 0.824. The van der Waals surface area contributed by atoms with Gasteiger partial charge in [0.25, 0.3) is 5.91 Å². The highest BCUT2D eigenvalue weighted by atomic mass is 19.1. The van der Waals surface area contributed by atoms with Crippen molar-refractivity contribution in [1.82, 2.24) is 0 Å². The molecular formula is C18H15FN2O7. The molecule has 2 aromatic carbocycles. The van der Waals surface area contributed by atoms with Crippen LogP contribution >= 0.6 is 0 Å². The smallest absolute Gasteiger partial charge is 0.344 e. The van der Waals surface area contributed by atoms with E-state index in [1.54, 1.807) is 0 Å². The number of hydrogen-bond acceptors (Lipinski definition) is 7. The zero-order valence-electron chi connectivity index (χ0n) is 14.6. The Balaban J connectivity index is 1.87. The van der Waals surface area contributed by atoms with Gasteiger partial charge in [-0.05, 0) is 43.3 Å². The van der Waals surface area contributed by atoms with Crippen LogP contribution in [0.25, 0.3) is 0 Å². The lowest BCUT2D eigenvalue weighted by Crippen LogP contribution is -2.31. The Kier molecular flexibility index (Phi) is 6.74. The van der Waals surface area contributed by atoms with Crippen molar-refractivity contribution in [3.05, 3.63) is 64.0 Å². The average molecular weight is 390 g/mol. The molecule has 2 aromatic rings. The molecule has 1 atom stereocenters. The quantitative estimate of drug-likeness (QED) is 0.318. The molecule has 1 amide bonds. The van der Waals surface area contributed by atoms with Crippen LogP contribution < -0.4 is 10.1 Å². The molecule has 0 aliphatic heterocycles.